The topological polar surface area (TPSA) is 49.7 Å². The van der Waals surface area contributed by atoms with Crippen molar-refractivity contribution in [1.82, 2.24) is 0 Å². The Labute approximate surface area is 138 Å². The van der Waals surface area contributed by atoms with Gasteiger partial charge in [-0.15, -0.1) is 0 Å². The highest BCUT2D eigenvalue weighted by Gasteiger charge is 2.48. The molecule has 2 N–H and O–H groups in total. The Morgan fingerprint density at radius 2 is 1.87 bits per heavy atom. The van der Waals surface area contributed by atoms with Gasteiger partial charge in [0.15, 0.2) is 0 Å². The first kappa shape index (κ1) is 15.5. The zero-order chi connectivity index (χ0) is 16.0. The van der Waals surface area contributed by atoms with Crippen LogP contribution in [0.2, 0.25) is 0 Å². The number of methoxy groups -OCH3 is 1. The van der Waals surface area contributed by atoms with Crippen LogP contribution in [0.4, 0.5) is 0 Å². The minimum Gasteiger partial charge on any atom is -0.508 e. The Morgan fingerprint density at radius 3 is 2.70 bits per heavy atom. The van der Waals surface area contributed by atoms with Gasteiger partial charge in [-0.25, -0.2) is 0 Å². The summed E-state index contributed by atoms with van der Waals surface area (Å²) in [6.45, 7) is 0.772. The van der Waals surface area contributed by atoms with Crippen molar-refractivity contribution < 1.29 is 14.9 Å². The molecular weight excluding hydrogens is 288 g/mol. The van der Waals surface area contributed by atoms with Crippen LogP contribution in [-0.2, 0) is 4.74 Å². The smallest absolute Gasteiger partial charge is 0.115 e. The van der Waals surface area contributed by atoms with Gasteiger partial charge in [0, 0.05) is 13.7 Å². The van der Waals surface area contributed by atoms with Gasteiger partial charge in [0.1, 0.15) is 5.75 Å². The quantitative estimate of drug-likeness (QED) is 0.892. The third kappa shape index (κ3) is 2.58. The van der Waals surface area contributed by atoms with Gasteiger partial charge < -0.3 is 14.9 Å². The molecule has 0 bridgehead atoms. The minimum absolute atomic E-state index is 0.0698. The van der Waals surface area contributed by atoms with Crippen LogP contribution in [0.5, 0.6) is 5.75 Å². The second-order valence-corrected chi connectivity index (χ2v) is 7.85. The molecule has 0 saturated heterocycles. The van der Waals surface area contributed by atoms with Crippen molar-refractivity contribution in [3.05, 3.63) is 29.3 Å². The zero-order valence-electron chi connectivity index (χ0n) is 13.9. The SMILES string of the molecule is COCC[C@H]1C[C@@H]2[C@H](CCC3[C@H]2CC[C@@H]3O)c2ccc(O)cc21. The summed E-state index contributed by atoms with van der Waals surface area (Å²) in [5.74, 6) is 3.40. The Bertz CT molecular complexity index is 570. The summed E-state index contributed by atoms with van der Waals surface area (Å²) >= 11 is 0. The summed E-state index contributed by atoms with van der Waals surface area (Å²) in [4.78, 5) is 0. The van der Waals surface area contributed by atoms with Gasteiger partial charge in [0.05, 0.1) is 6.10 Å². The van der Waals surface area contributed by atoms with Crippen LogP contribution in [0.3, 0.4) is 0 Å². The summed E-state index contributed by atoms with van der Waals surface area (Å²) in [7, 11) is 1.76. The molecule has 4 rings (SSSR count). The molecule has 0 amide bonds. The van der Waals surface area contributed by atoms with Crippen molar-refractivity contribution in [2.45, 2.75) is 56.5 Å². The maximum atomic E-state index is 10.3. The number of hydrogen-bond donors (Lipinski definition) is 2. The van der Waals surface area contributed by atoms with Gasteiger partial charge in [-0.3, -0.25) is 0 Å². The normalized spacial score (nSPS) is 38.7. The first-order valence-electron chi connectivity index (χ1n) is 9.19. The monoisotopic (exact) mass is 316 g/mol. The van der Waals surface area contributed by atoms with E-state index in [2.05, 4.69) is 6.07 Å². The number of phenols is 1. The van der Waals surface area contributed by atoms with Gasteiger partial charge >= 0.3 is 0 Å². The highest BCUT2D eigenvalue weighted by molar-refractivity contribution is 5.42. The maximum Gasteiger partial charge on any atom is 0.115 e. The molecule has 6 atom stereocenters. The molecule has 0 aliphatic heterocycles. The number of hydrogen-bond acceptors (Lipinski definition) is 3. The lowest BCUT2D eigenvalue weighted by Gasteiger charge is -2.47. The molecule has 2 fully saturated rings. The van der Waals surface area contributed by atoms with Crippen LogP contribution in [0.15, 0.2) is 18.2 Å². The summed E-state index contributed by atoms with van der Waals surface area (Å²) < 4.78 is 5.33. The van der Waals surface area contributed by atoms with Crippen molar-refractivity contribution in [2.24, 2.45) is 17.8 Å². The Hall–Kier alpha value is -1.06. The van der Waals surface area contributed by atoms with E-state index in [1.165, 1.54) is 30.4 Å². The van der Waals surface area contributed by atoms with E-state index in [1.807, 2.05) is 12.1 Å². The second-order valence-electron chi connectivity index (χ2n) is 7.85. The largest absolute Gasteiger partial charge is 0.508 e. The number of benzene rings is 1. The maximum absolute atomic E-state index is 10.3. The summed E-state index contributed by atoms with van der Waals surface area (Å²) in [5.41, 5.74) is 2.81. The highest BCUT2D eigenvalue weighted by Crippen LogP contribution is 2.58. The summed E-state index contributed by atoms with van der Waals surface area (Å²) in [6.07, 6.45) is 6.68. The fraction of sp³-hybridized carbons (Fsp3) is 0.700. The van der Waals surface area contributed by atoms with Crippen molar-refractivity contribution >= 4 is 0 Å². The minimum atomic E-state index is -0.0698. The fourth-order valence-corrected chi connectivity index (χ4v) is 5.87. The molecule has 3 heteroatoms. The number of aromatic hydroxyl groups is 1. The summed E-state index contributed by atoms with van der Waals surface area (Å²) in [6, 6.07) is 6.00. The first-order chi connectivity index (χ1) is 11.2. The van der Waals surface area contributed by atoms with Crippen molar-refractivity contribution in [3.63, 3.8) is 0 Å². The van der Waals surface area contributed by atoms with E-state index < -0.39 is 0 Å². The molecule has 3 aliphatic carbocycles. The Kier molecular flexibility index (Phi) is 4.10. The van der Waals surface area contributed by atoms with Crippen molar-refractivity contribution in [3.8, 4) is 5.75 Å². The van der Waals surface area contributed by atoms with Crippen molar-refractivity contribution in [2.75, 3.05) is 13.7 Å². The molecule has 0 aromatic heterocycles. The van der Waals surface area contributed by atoms with E-state index in [0.29, 0.717) is 35.3 Å². The average Bonchev–Trinajstić information content (AvgIpc) is 2.94. The van der Waals surface area contributed by atoms with Crippen LogP contribution in [0, 0.1) is 17.8 Å². The third-order valence-electron chi connectivity index (χ3n) is 6.85. The number of ether oxygens (including phenoxy) is 1. The first-order valence-corrected chi connectivity index (χ1v) is 9.19. The molecule has 1 aromatic carbocycles. The Balaban J connectivity index is 1.68. The van der Waals surface area contributed by atoms with Gasteiger partial charge in [-0.1, -0.05) is 6.07 Å². The molecule has 0 spiro atoms. The number of aliphatic hydroxyl groups is 1. The van der Waals surface area contributed by atoms with E-state index in [-0.39, 0.29) is 6.10 Å². The lowest BCUT2D eigenvalue weighted by molar-refractivity contribution is 0.0508. The Morgan fingerprint density at radius 1 is 1.04 bits per heavy atom. The standard InChI is InChI=1S/C20H28O3/c1-23-9-8-12-10-19-15(14-3-2-13(21)11-18(12)14)4-5-17-16(19)6-7-20(17)22/h2-3,11-12,15-17,19-22H,4-10H2,1H3/t12-,15+,16+,17?,19+,20-/m0/s1. The van der Waals surface area contributed by atoms with Gasteiger partial charge in [-0.2, -0.15) is 0 Å². The summed E-state index contributed by atoms with van der Waals surface area (Å²) in [5, 5.41) is 20.2. The van der Waals surface area contributed by atoms with E-state index in [9.17, 15) is 10.2 Å². The zero-order valence-corrected chi connectivity index (χ0v) is 13.9. The number of aliphatic hydroxyl groups excluding tert-OH is 1. The van der Waals surface area contributed by atoms with Crippen LogP contribution in [0.1, 0.15) is 61.5 Å². The number of phenolic OH excluding ortho intramolecular Hbond substituents is 1. The molecule has 2 saturated carbocycles. The van der Waals surface area contributed by atoms with Gasteiger partial charge in [0.2, 0.25) is 0 Å². The molecule has 3 aliphatic rings. The van der Waals surface area contributed by atoms with E-state index >= 15 is 0 Å². The van der Waals surface area contributed by atoms with E-state index in [4.69, 9.17) is 4.74 Å². The molecule has 1 unspecified atom stereocenters. The van der Waals surface area contributed by atoms with Gasteiger partial charge in [0.25, 0.3) is 0 Å². The molecule has 126 valence electrons. The molecule has 1 aromatic rings. The van der Waals surface area contributed by atoms with Crippen LogP contribution in [-0.4, -0.2) is 30.0 Å². The second kappa shape index (κ2) is 6.10. The lowest BCUT2D eigenvalue weighted by atomic mass is 9.58. The lowest BCUT2D eigenvalue weighted by Crippen LogP contribution is -2.38. The molecule has 3 nitrogen and oxygen atoms in total. The molecule has 0 radical (unpaired) electrons. The van der Waals surface area contributed by atoms with Gasteiger partial charge in [-0.05, 0) is 91.4 Å². The number of rotatable bonds is 3. The predicted octanol–water partition coefficient (Wildman–Crippen LogP) is 3.80. The predicted molar refractivity (Wildman–Crippen MR) is 89.6 cm³/mol. The van der Waals surface area contributed by atoms with Crippen LogP contribution < -0.4 is 0 Å². The fourth-order valence-electron chi connectivity index (χ4n) is 5.87. The molecular formula is C20H28O3. The average molecular weight is 316 g/mol. The van der Waals surface area contributed by atoms with E-state index in [1.54, 1.807) is 7.11 Å². The number of fused-ring (bicyclic) bond motifs is 5. The molecule has 0 heterocycles. The highest BCUT2D eigenvalue weighted by atomic mass is 16.5. The van der Waals surface area contributed by atoms with E-state index in [0.717, 1.165) is 25.9 Å². The van der Waals surface area contributed by atoms with Crippen LogP contribution in [0.25, 0.3) is 0 Å². The molecule has 23 heavy (non-hydrogen) atoms. The third-order valence-corrected chi connectivity index (χ3v) is 6.85. The van der Waals surface area contributed by atoms with Crippen molar-refractivity contribution in [1.29, 1.82) is 0 Å². The van der Waals surface area contributed by atoms with Crippen LogP contribution >= 0.6 is 0 Å².